The first-order valence-electron chi connectivity index (χ1n) is 7.11. The molecule has 1 fully saturated rings. The second kappa shape index (κ2) is 8.08. The second-order valence-electron chi connectivity index (χ2n) is 5.18. The zero-order chi connectivity index (χ0) is 11.7. The van der Waals surface area contributed by atoms with E-state index >= 15 is 0 Å². The molecule has 2 nitrogen and oxygen atoms in total. The summed E-state index contributed by atoms with van der Waals surface area (Å²) in [7, 11) is 2.03. The molecule has 0 aliphatic heterocycles. The van der Waals surface area contributed by atoms with Crippen molar-refractivity contribution in [1.29, 1.82) is 0 Å². The lowest BCUT2D eigenvalue weighted by Crippen LogP contribution is -2.39. The normalized spacial score (nSPS) is 19.1. The number of ether oxygens (including phenoxy) is 1. The summed E-state index contributed by atoms with van der Waals surface area (Å²) in [4.78, 5) is 0. The molecule has 1 rings (SSSR count). The summed E-state index contributed by atoms with van der Waals surface area (Å²) in [5, 5.41) is 3.29. The van der Waals surface area contributed by atoms with Gasteiger partial charge in [0.15, 0.2) is 0 Å². The zero-order valence-corrected chi connectivity index (χ0v) is 11.2. The van der Waals surface area contributed by atoms with Gasteiger partial charge >= 0.3 is 0 Å². The summed E-state index contributed by atoms with van der Waals surface area (Å²) >= 11 is 0. The van der Waals surface area contributed by atoms with Crippen LogP contribution in [-0.2, 0) is 4.74 Å². The number of nitrogens with one attached hydrogen (secondary N) is 1. The largest absolute Gasteiger partial charge is 0.374 e. The van der Waals surface area contributed by atoms with Gasteiger partial charge in [0.2, 0.25) is 0 Å². The number of likely N-dealkylation sites (N-methyl/N-ethyl adjacent to an activating group) is 1. The van der Waals surface area contributed by atoms with E-state index in [1.54, 1.807) is 0 Å². The van der Waals surface area contributed by atoms with Gasteiger partial charge in [0.05, 0.1) is 5.60 Å². The topological polar surface area (TPSA) is 21.3 Å². The molecule has 0 atom stereocenters. The molecule has 0 aromatic rings. The van der Waals surface area contributed by atoms with Crippen molar-refractivity contribution in [2.24, 2.45) is 0 Å². The quantitative estimate of drug-likeness (QED) is 0.609. The molecule has 1 saturated carbocycles. The maximum absolute atomic E-state index is 6.15. The molecule has 16 heavy (non-hydrogen) atoms. The Kier molecular flexibility index (Phi) is 7.06. The SMILES string of the molecule is CCCCCCCOC1(CNC)CCCC1. The molecule has 0 heterocycles. The highest BCUT2D eigenvalue weighted by Crippen LogP contribution is 2.32. The summed E-state index contributed by atoms with van der Waals surface area (Å²) in [6.45, 7) is 4.25. The van der Waals surface area contributed by atoms with E-state index in [0.717, 1.165) is 13.2 Å². The van der Waals surface area contributed by atoms with Crippen molar-refractivity contribution in [3.63, 3.8) is 0 Å². The summed E-state index contributed by atoms with van der Waals surface area (Å²) < 4.78 is 6.15. The zero-order valence-electron chi connectivity index (χ0n) is 11.2. The molecule has 0 saturated heterocycles. The lowest BCUT2D eigenvalue weighted by Gasteiger charge is -2.29. The van der Waals surface area contributed by atoms with E-state index in [1.807, 2.05) is 7.05 Å². The van der Waals surface area contributed by atoms with Gasteiger partial charge < -0.3 is 10.1 Å². The first kappa shape index (κ1) is 14.0. The summed E-state index contributed by atoms with van der Waals surface area (Å²) in [5.74, 6) is 0. The first-order chi connectivity index (χ1) is 7.83. The molecular weight excluding hydrogens is 198 g/mol. The molecule has 0 bridgehead atoms. The van der Waals surface area contributed by atoms with Crippen molar-refractivity contribution < 1.29 is 4.74 Å². The van der Waals surface area contributed by atoms with E-state index in [9.17, 15) is 0 Å². The molecule has 0 unspecified atom stereocenters. The summed E-state index contributed by atoms with van der Waals surface area (Å²) in [6.07, 6.45) is 11.8. The molecule has 0 aromatic carbocycles. The van der Waals surface area contributed by atoms with Crippen molar-refractivity contribution in [1.82, 2.24) is 5.32 Å². The highest BCUT2D eigenvalue weighted by atomic mass is 16.5. The van der Waals surface area contributed by atoms with Crippen LogP contribution in [0.25, 0.3) is 0 Å². The van der Waals surface area contributed by atoms with Crippen LogP contribution in [0.3, 0.4) is 0 Å². The van der Waals surface area contributed by atoms with Gasteiger partial charge in [0, 0.05) is 13.2 Å². The molecule has 0 amide bonds. The van der Waals surface area contributed by atoms with Crippen LogP contribution in [0.4, 0.5) is 0 Å². The van der Waals surface area contributed by atoms with E-state index in [1.165, 1.54) is 57.8 Å². The van der Waals surface area contributed by atoms with Crippen LogP contribution in [0.1, 0.15) is 64.7 Å². The second-order valence-corrected chi connectivity index (χ2v) is 5.18. The fourth-order valence-electron chi connectivity index (χ4n) is 2.71. The fourth-order valence-corrected chi connectivity index (χ4v) is 2.71. The average Bonchev–Trinajstić information content (AvgIpc) is 2.73. The van der Waals surface area contributed by atoms with Crippen LogP contribution in [0, 0.1) is 0 Å². The first-order valence-corrected chi connectivity index (χ1v) is 7.11. The molecule has 0 radical (unpaired) electrons. The molecule has 1 N–H and O–H groups in total. The predicted octanol–water partition coefficient (Wildman–Crippen LogP) is 3.51. The number of hydrogen-bond donors (Lipinski definition) is 1. The standard InChI is InChI=1S/C14H29NO/c1-3-4-5-6-9-12-16-14(13-15-2)10-7-8-11-14/h15H,3-13H2,1-2H3. The van der Waals surface area contributed by atoms with Crippen LogP contribution in [0.2, 0.25) is 0 Å². The van der Waals surface area contributed by atoms with Crippen LogP contribution >= 0.6 is 0 Å². The Balaban J connectivity index is 2.08. The van der Waals surface area contributed by atoms with Crippen LogP contribution in [0.15, 0.2) is 0 Å². The van der Waals surface area contributed by atoms with Gasteiger partial charge in [-0.1, -0.05) is 45.4 Å². The van der Waals surface area contributed by atoms with Crippen LogP contribution in [0.5, 0.6) is 0 Å². The van der Waals surface area contributed by atoms with Crippen molar-refractivity contribution in [2.75, 3.05) is 20.2 Å². The molecule has 0 spiro atoms. The van der Waals surface area contributed by atoms with E-state index in [0.29, 0.717) is 0 Å². The van der Waals surface area contributed by atoms with Crippen molar-refractivity contribution >= 4 is 0 Å². The number of rotatable bonds is 9. The Morgan fingerprint density at radius 1 is 1.06 bits per heavy atom. The Morgan fingerprint density at radius 2 is 1.75 bits per heavy atom. The predicted molar refractivity (Wildman–Crippen MR) is 69.8 cm³/mol. The molecule has 1 aliphatic rings. The Hall–Kier alpha value is -0.0800. The Labute approximate surface area is 101 Å². The van der Waals surface area contributed by atoms with Gasteiger partial charge in [-0.2, -0.15) is 0 Å². The smallest absolute Gasteiger partial charge is 0.0806 e. The third-order valence-electron chi connectivity index (χ3n) is 3.67. The van der Waals surface area contributed by atoms with Crippen molar-refractivity contribution in [3.8, 4) is 0 Å². The minimum atomic E-state index is 0.180. The van der Waals surface area contributed by atoms with Gasteiger partial charge in [-0.25, -0.2) is 0 Å². The van der Waals surface area contributed by atoms with Crippen LogP contribution < -0.4 is 5.32 Å². The number of hydrogen-bond acceptors (Lipinski definition) is 2. The minimum Gasteiger partial charge on any atom is -0.374 e. The van der Waals surface area contributed by atoms with E-state index in [-0.39, 0.29) is 5.60 Å². The highest BCUT2D eigenvalue weighted by molar-refractivity contribution is 4.88. The van der Waals surface area contributed by atoms with E-state index < -0.39 is 0 Å². The lowest BCUT2D eigenvalue weighted by molar-refractivity contribution is -0.0397. The molecule has 1 aliphatic carbocycles. The average molecular weight is 227 g/mol. The van der Waals surface area contributed by atoms with Gasteiger partial charge in [-0.15, -0.1) is 0 Å². The van der Waals surface area contributed by atoms with Gasteiger partial charge in [0.25, 0.3) is 0 Å². The van der Waals surface area contributed by atoms with Crippen molar-refractivity contribution in [2.45, 2.75) is 70.3 Å². The Bertz CT molecular complexity index is 164. The van der Waals surface area contributed by atoms with E-state index in [4.69, 9.17) is 4.74 Å². The maximum atomic E-state index is 6.15. The Morgan fingerprint density at radius 3 is 2.38 bits per heavy atom. The highest BCUT2D eigenvalue weighted by Gasteiger charge is 2.33. The van der Waals surface area contributed by atoms with Gasteiger partial charge in [-0.05, 0) is 26.3 Å². The fraction of sp³-hybridized carbons (Fsp3) is 1.00. The van der Waals surface area contributed by atoms with Crippen molar-refractivity contribution in [3.05, 3.63) is 0 Å². The third-order valence-corrected chi connectivity index (χ3v) is 3.67. The maximum Gasteiger partial charge on any atom is 0.0806 e. The molecular formula is C14H29NO. The lowest BCUT2D eigenvalue weighted by atomic mass is 10.0. The molecule has 96 valence electrons. The van der Waals surface area contributed by atoms with E-state index in [2.05, 4.69) is 12.2 Å². The third kappa shape index (κ3) is 4.84. The summed E-state index contributed by atoms with van der Waals surface area (Å²) in [6, 6.07) is 0. The monoisotopic (exact) mass is 227 g/mol. The van der Waals surface area contributed by atoms with Gasteiger partial charge in [-0.3, -0.25) is 0 Å². The van der Waals surface area contributed by atoms with Gasteiger partial charge in [0.1, 0.15) is 0 Å². The molecule has 0 aromatic heterocycles. The number of unbranched alkanes of at least 4 members (excludes halogenated alkanes) is 4. The minimum absolute atomic E-state index is 0.180. The van der Waals surface area contributed by atoms with Crippen LogP contribution in [-0.4, -0.2) is 25.8 Å². The molecule has 2 heteroatoms. The summed E-state index contributed by atoms with van der Waals surface area (Å²) in [5.41, 5.74) is 0.180.